The van der Waals surface area contributed by atoms with E-state index in [1.54, 1.807) is 38.3 Å². The lowest BCUT2D eigenvalue weighted by Crippen LogP contribution is -2.50. The van der Waals surface area contributed by atoms with Crippen LogP contribution in [0.25, 0.3) is 0 Å². The molecule has 164 valence electrons. The van der Waals surface area contributed by atoms with Gasteiger partial charge in [-0.1, -0.05) is 32.0 Å². The molecule has 8 heteroatoms. The van der Waals surface area contributed by atoms with Gasteiger partial charge in [-0.3, -0.25) is 9.10 Å². The highest BCUT2D eigenvalue weighted by Crippen LogP contribution is 2.27. The van der Waals surface area contributed by atoms with E-state index >= 15 is 0 Å². The Kier molecular flexibility index (Phi) is 8.11. The summed E-state index contributed by atoms with van der Waals surface area (Å²) in [5.41, 5.74) is 1.31. The summed E-state index contributed by atoms with van der Waals surface area (Å²) in [5.74, 6) is 0.891. The molecule has 2 atom stereocenters. The molecule has 0 fully saturated rings. The third kappa shape index (κ3) is 5.66. The van der Waals surface area contributed by atoms with Crippen molar-refractivity contribution in [2.45, 2.75) is 38.8 Å². The van der Waals surface area contributed by atoms with Gasteiger partial charge in [0.25, 0.3) is 0 Å². The zero-order valence-electron chi connectivity index (χ0n) is 18.1. The first kappa shape index (κ1) is 23.5. The van der Waals surface area contributed by atoms with Crippen molar-refractivity contribution in [3.63, 3.8) is 0 Å². The van der Waals surface area contributed by atoms with Gasteiger partial charge in [0.2, 0.25) is 15.9 Å². The van der Waals surface area contributed by atoms with Gasteiger partial charge in [-0.2, -0.15) is 0 Å². The summed E-state index contributed by atoms with van der Waals surface area (Å²) in [5, 5.41) is 3.01. The minimum Gasteiger partial charge on any atom is -0.497 e. The maximum atomic E-state index is 13.2. The van der Waals surface area contributed by atoms with Gasteiger partial charge >= 0.3 is 0 Å². The van der Waals surface area contributed by atoms with Crippen LogP contribution in [0.5, 0.6) is 11.5 Å². The van der Waals surface area contributed by atoms with Crippen molar-refractivity contribution < 1.29 is 22.7 Å². The van der Waals surface area contributed by atoms with E-state index in [9.17, 15) is 13.2 Å². The summed E-state index contributed by atoms with van der Waals surface area (Å²) in [6, 6.07) is 13.0. The second-order valence-electron chi connectivity index (χ2n) is 6.93. The molecular weight excluding hydrogens is 404 g/mol. The maximum absolute atomic E-state index is 13.2. The van der Waals surface area contributed by atoms with Crippen LogP contribution in [0, 0.1) is 0 Å². The summed E-state index contributed by atoms with van der Waals surface area (Å²) in [6.07, 6.45) is 2.07. The van der Waals surface area contributed by atoms with E-state index < -0.39 is 16.1 Å². The highest BCUT2D eigenvalue weighted by Gasteiger charge is 2.32. The predicted molar refractivity (Wildman–Crippen MR) is 119 cm³/mol. The molecule has 2 rings (SSSR count). The van der Waals surface area contributed by atoms with E-state index in [0.29, 0.717) is 24.3 Å². The van der Waals surface area contributed by atoms with Gasteiger partial charge in [0.05, 0.1) is 32.2 Å². The smallest absolute Gasteiger partial charge is 0.244 e. The van der Waals surface area contributed by atoms with Gasteiger partial charge in [-0.15, -0.1) is 0 Å². The van der Waals surface area contributed by atoms with Crippen LogP contribution in [0.3, 0.4) is 0 Å². The van der Waals surface area contributed by atoms with Gasteiger partial charge < -0.3 is 14.8 Å². The number of nitrogens with one attached hydrogen (secondary N) is 1. The molecule has 0 bridgehead atoms. The SMILES string of the molecule is CC[C@@H](NC(=O)[C@H](CC)N(c1cccc(OC)c1)S(C)(=O)=O)c1ccc(OC)cc1. The number of methoxy groups -OCH3 is 2. The number of anilines is 1. The fraction of sp³-hybridized carbons (Fsp3) is 0.409. The van der Waals surface area contributed by atoms with Crippen LogP contribution in [0.15, 0.2) is 48.5 Å². The first-order valence-corrected chi connectivity index (χ1v) is 11.7. The minimum absolute atomic E-state index is 0.246. The molecule has 0 heterocycles. The molecule has 0 spiro atoms. The number of hydrogen-bond donors (Lipinski definition) is 1. The number of ether oxygens (including phenoxy) is 2. The molecule has 0 aliphatic heterocycles. The molecule has 7 nitrogen and oxygen atoms in total. The van der Waals surface area contributed by atoms with Gasteiger partial charge in [-0.25, -0.2) is 8.42 Å². The number of nitrogens with zero attached hydrogens (tertiary/aromatic N) is 1. The number of amides is 1. The Morgan fingerprint density at radius 3 is 2.13 bits per heavy atom. The molecule has 0 unspecified atom stereocenters. The lowest BCUT2D eigenvalue weighted by Gasteiger charge is -2.31. The third-order valence-electron chi connectivity index (χ3n) is 4.88. The molecule has 0 aliphatic rings. The zero-order valence-corrected chi connectivity index (χ0v) is 18.9. The van der Waals surface area contributed by atoms with E-state index in [0.717, 1.165) is 21.9 Å². The molecule has 2 aromatic rings. The van der Waals surface area contributed by atoms with Crippen molar-refractivity contribution >= 4 is 21.6 Å². The van der Waals surface area contributed by atoms with Crippen molar-refractivity contribution in [2.75, 3.05) is 24.8 Å². The Bertz CT molecular complexity index is 944. The first-order chi connectivity index (χ1) is 14.2. The molecule has 0 aliphatic carbocycles. The number of sulfonamides is 1. The second kappa shape index (κ2) is 10.3. The summed E-state index contributed by atoms with van der Waals surface area (Å²) < 4.78 is 36.8. The predicted octanol–water partition coefficient (Wildman–Crippen LogP) is 3.52. The van der Waals surface area contributed by atoms with Crippen molar-refractivity contribution in [3.8, 4) is 11.5 Å². The fourth-order valence-corrected chi connectivity index (χ4v) is 4.54. The monoisotopic (exact) mass is 434 g/mol. The van der Waals surface area contributed by atoms with E-state index in [2.05, 4.69) is 5.32 Å². The van der Waals surface area contributed by atoms with Crippen LogP contribution in [-0.2, 0) is 14.8 Å². The standard InChI is InChI=1S/C22H30N2O5S/c1-6-20(16-11-13-18(28-3)14-12-16)23-22(25)21(7-2)24(30(5,26)27)17-9-8-10-19(15-17)29-4/h8-15,20-21H,6-7H2,1-5H3,(H,23,25)/t20-,21+/m1/s1. The van der Waals surface area contributed by atoms with E-state index in [-0.39, 0.29) is 11.9 Å². The van der Waals surface area contributed by atoms with Crippen LogP contribution in [0.4, 0.5) is 5.69 Å². The van der Waals surface area contributed by atoms with Crippen molar-refractivity contribution in [3.05, 3.63) is 54.1 Å². The Balaban J connectivity index is 2.34. The van der Waals surface area contributed by atoms with Gasteiger partial charge in [-0.05, 0) is 42.7 Å². The van der Waals surface area contributed by atoms with Gasteiger partial charge in [0, 0.05) is 6.07 Å². The average molecular weight is 435 g/mol. The lowest BCUT2D eigenvalue weighted by atomic mass is 10.0. The molecule has 2 aromatic carbocycles. The maximum Gasteiger partial charge on any atom is 0.244 e. The Labute approximate surface area is 179 Å². The van der Waals surface area contributed by atoms with Crippen LogP contribution in [0.1, 0.15) is 38.3 Å². The first-order valence-electron chi connectivity index (χ1n) is 9.82. The molecule has 0 radical (unpaired) electrons. The molecule has 30 heavy (non-hydrogen) atoms. The fourth-order valence-electron chi connectivity index (χ4n) is 3.33. The summed E-state index contributed by atoms with van der Waals surface area (Å²) in [7, 11) is -0.611. The van der Waals surface area contributed by atoms with Gasteiger partial charge in [0.1, 0.15) is 17.5 Å². The van der Waals surface area contributed by atoms with Crippen molar-refractivity contribution in [1.29, 1.82) is 0 Å². The molecular formula is C22H30N2O5S. The largest absolute Gasteiger partial charge is 0.497 e. The van der Waals surface area contributed by atoms with Crippen LogP contribution in [-0.4, -0.2) is 40.8 Å². The normalized spacial score (nSPS) is 13.2. The molecule has 0 saturated carbocycles. The van der Waals surface area contributed by atoms with E-state index in [1.807, 2.05) is 31.2 Å². The second-order valence-corrected chi connectivity index (χ2v) is 8.79. The number of carbonyl (C=O) groups excluding carboxylic acids is 1. The Morgan fingerprint density at radius 2 is 1.63 bits per heavy atom. The van der Waals surface area contributed by atoms with Crippen molar-refractivity contribution in [1.82, 2.24) is 5.32 Å². The molecule has 1 N–H and O–H groups in total. The van der Waals surface area contributed by atoms with Gasteiger partial charge in [0.15, 0.2) is 0 Å². The van der Waals surface area contributed by atoms with E-state index in [4.69, 9.17) is 9.47 Å². The minimum atomic E-state index is -3.72. The highest BCUT2D eigenvalue weighted by atomic mass is 32.2. The zero-order chi connectivity index (χ0) is 22.3. The number of carbonyl (C=O) groups is 1. The number of hydrogen-bond acceptors (Lipinski definition) is 5. The quantitative estimate of drug-likeness (QED) is 0.618. The lowest BCUT2D eigenvalue weighted by molar-refractivity contribution is -0.123. The number of benzene rings is 2. The van der Waals surface area contributed by atoms with Crippen LogP contribution >= 0.6 is 0 Å². The van der Waals surface area contributed by atoms with Crippen LogP contribution in [0.2, 0.25) is 0 Å². The van der Waals surface area contributed by atoms with Crippen molar-refractivity contribution in [2.24, 2.45) is 0 Å². The van der Waals surface area contributed by atoms with Crippen LogP contribution < -0.4 is 19.1 Å². The summed E-state index contributed by atoms with van der Waals surface area (Å²) >= 11 is 0. The summed E-state index contributed by atoms with van der Waals surface area (Å²) in [4.78, 5) is 13.2. The Hall–Kier alpha value is -2.74. The molecule has 1 amide bonds. The Morgan fingerprint density at radius 1 is 1.00 bits per heavy atom. The molecule has 0 saturated heterocycles. The average Bonchev–Trinajstić information content (AvgIpc) is 2.74. The third-order valence-corrected chi connectivity index (χ3v) is 6.06. The van der Waals surface area contributed by atoms with E-state index in [1.165, 1.54) is 7.11 Å². The topological polar surface area (TPSA) is 84.9 Å². The highest BCUT2D eigenvalue weighted by molar-refractivity contribution is 7.92. The molecule has 0 aromatic heterocycles. The summed E-state index contributed by atoms with van der Waals surface area (Å²) in [6.45, 7) is 3.75. The number of rotatable bonds is 10.